The number of aryl methyl sites for hydroxylation is 1. The van der Waals surface area contributed by atoms with E-state index in [0.717, 1.165) is 29.2 Å². The Kier molecular flexibility index (Phi) is 4.03. The lowest BCUT2D eigenvalue weighted by molar-refractivity contribution is 0.0933. The Bertz CT molecular complexity index is 876. The van der Waals surface area contributed by atoms with Crippen molar-refractivity contribution in [3.8, 4) is 5.82 Å². The minimum Gasteiger partial charge on any atom is -0.345 e. The molecule has 1 aliphatic carbocycles. The van der Waals surface area contributed by atoms with Gasteiger partial charge in [-0.2, -0.15) is 5.10 Å². The van der Waals surface area contributed by atoms with Crippen LogP contribution >= 0.6 is 22.9 Å². The van der Waals surface area contributed by atoms with Crippen LogP contribution in [0.5, 0.6) is 0 Å². The fourth-order valence-electron chi connectivity index (χ4n) is 2.92. The molecule has 1 aliphatic rings. The van der Waals surface area contributed by atoms with E-state index in [-0.39, 0.29) is 11.9 Å². The average molecular weight is 360 g/mol. The molecule has 3 aromatic heterocycles. The van der Waals surface area contributed by atoms with Crippen molar-refractivity contribution >= 4 is 28.8 Å². The van der Waals surface area contributed by atoms with E-state index in [9.17, 15) is 4.79 Å². The second-order valence-corrected chi connectivity index (χ2v) is 7.36. The van der Waals surface area contributed by atoms with Gasteiger partial charge in [0.05, 0.1) is 10.4 Å². The largest absolute Gasteiger partial charge is 0.345 e. The predicted octanol–water partition coefficient (Wildman–Crippen LogP) is 3.18. The maximum Gasteiger partial charge on any atom is 0.251 e. The summed E-state index contributed by atoms with van der Waals surface area (Å²) in [6.45, 7) is 0. The Morgan fingerprint density at radius 1 is 1.42 bits per heavy atom. The molecule has 1 amide bonds. The predicted molar refractivity (Wildman–Crippen MR) is 91.6 cm³/mol. The fraction of sp³-hybridized carbons (Fsp3) is 0.250. The Balaban J connectivity index is 1.56. The molecule has 0 aliphatic heterocycles. The lowest BCUT2D eigenvalue weighted by Crippen LogP contribution is -2.30. The third-order valence-electron chi connectivity index (χ3n) is 4.05. The van der Waals surface area contributed by atoms with E-state index < -0.39 is 0 Å². The topological polar surface area (TPSA) is 72.7 Å². The number of fused-ring (bicyclic) bond motifs is 1. The van der Waals surface area contributed by atoms with Crippen LogP contribution in [0.2, 0.25) is 4.34 Å². The molecular formula is C16H14ClN5OS. The zero-order valence-electron chi connectivity index (χ0n) is 12.6. The molecule has 4 rings (SSSR count). The van der Waals surface area contributed by atoms with E-state index in [1.165, 1.54) is 15.9 Å². The summed E-state index contributed by atoms with van der Waals surface area (Å²) in [5.74, 6) is 0.432. The molecule has 0 fully saturated rings. The fourth-order valence-corrected chi connectivity index (χ4v) is 4.31. The van der Waals surface area contributed by atoms with Gasteiger partial charge in [0.25, 0.3) is 5.91 Å². The lowest BCUT2D eigenvalue weighted by Gasteiger charge is -2.23. The molecule has 8 heteroatoms. The third kappa shape index (κ3) is 2.92. The van der Waals surface area contributed by atoms with Crippen molar-refractivity contribution in [3.63, 3.8) is 0 Å². The van der Waals surface area contributed by atoms with Crippen molar-refractivity contribution in [1.82, 2.24) is 25.1 Å². The van der Waals surface area contributed by atoms with Gasteiger partial charge in [0.2, 0.25) is 0 Å². The number of thiophene rings is 1. The standard InChI is InChI=1S/C16H14ClN5OS/c17-14-7-11-12(2-1-3-13(11)24-14)21-16(23)10-4-5-19-15(6-10)22-9-18-8-20-22/h4-9,12H,1-3H2,(H,21,23). The molecule has 0 saturated heterocycles. The number of pyridine rings is 1. The lowest BCUT2D eigenvalue weighted by atomic mass is 9.94. The van der Waals surface area contributed by atoms with Crippen molar-refractivity contribution in [2.24, 2.45) is 0 Å². The Morgan fingerprint density at radius 3 is 3.17 bits per heavy atom. The van der Waals surface area contributed by atoms with E-state index in [2.05, 4.69) is 20.4 Å². The maximum atomic E-state index is 12.6. The number of aromatic nitrogens is 4. The number of amides is 1. The van der Waals surface area contributed by atoms with Crippen molar-refractivity contribution in [1.29, 1.82) is 0 Å². The molecular weight excluding hydrogens is 346 g/mol. The number of halogens is 1. The first-order valence-corrected chi connectivity index (χ1v) is 8.80. The number of hydrogen-bond acceptors (Lipinski definition) is 5. The molecule has 1 unspecified atom stereocenters. The number of nitrogens with one attached hydrogen (secondary N) is 1. The van der Waals surface area contributed by atoms with Crippen LogP contribution in [-0.2, 0) is 6.42 Å². The highest BCUT2D eigenvalue weighted by atomic mass is 35.5. The average Bonchev–Trinajstić information content (AvgIpc) is 3.24. The highest BCUT2D eigenvalue weighted by molar-refractivity contribution is 7.16. The van der Waals surface area contributed by atoms with Crippen LogP contribution in [-0.4, -0.2) is 25.7 Å². The molecule has 0 saturated carbocycles. The van der Waals surface area contributed by atoms with Crippen molar-refractivity contribution in [3.05, 3.63) is 57.4 Å². The van der Waals surface area contributed by atoms with Gasteiger partial charge in [0.1, 0.15) is 12.7 Å². The molecule has 0 radical (unpaired) electrons. The third-order valence-corrected chi connectivity index (χ3v) is 5.39. The van der Waals surface area contributed by atoms with Gasteiger partial charge >= 0.3 is 0 Å². The maximum absolute atomic E-state index is 12.6. The normalized spacial score (nSPS) is 16.6. The quantitative estimate of drug-likeness (QED) is 0.779. The van der Waals surface area contributed by atoms with Crippen LogP contribution in [0.25, 0.3) is 5.82 Å². The molecule has 1 N–H and O–H groups in total. The number of hydrogen-bond donors (Lipinski definition) is 1. The highest BCUT2D eigenvalue weighted by Crippen LogP contribution is 2.37. The molecule has 0 aromatic carbocycles. The smallest absolute Gasteiger partial charge is 0.251 e. The van der Waals surface area contributed by atoms with Gasteiger partial charge < -0.3 is 5.32 Å². The van der Waals surface area contributed by atoms with Gasteiger partial charge in [-0.25, -0.2) is 14.6 Å². The summed E-state index contributed by atoms with van der Waals surface area (Å²) in [7, 11) is 0. The zero-order valence-corrected chi connectivity index (χ0v) is 14.2. The van der Waals surface area contributed by atoms with Gasteiger partial charge in [-0.3, -0.25) is 4.79 Å². The number of carbonyl (C=O) groups excluding carboxylic acids is 1. The molecule has 6 nitrogen and oxygen atoms in total. The first-order chi connectivity index (χ1) is 11.7. The summed E-state index contributed by atoms with van der Waals surface area (Å²) < 4.78 is 2.30. The van der Waals surface area contributed by atoms with E-state index >= 15 is 0 Å². The van der Waals surface area contributed by atoms with Crippen LogP contribution in [0.4, 0.5) is 0 Å². The van der Waals surface area contributed by atoms with Crippen LogP contribution in [0.1, 0.15) is 39.7 Å². The summed E-state index contributed by atoms with van der Waals surface area (Å²) in [5, 5.41) is 7.15. The molecule has 0 spiro atoms. The van der Waals surface area contributed by atoms with E-state index in [1.807, 2.05) is 6.07 Å². The van der Waals surface area contributed by atoms with Gasteiger partial charge in [-0.15, -0.1) is 11.3 Å². The van der Waals surface area contributed by atoms with Gasteiger partial charge in [0, 0.05) is 16.6 Å². The summed E-state index contributed by atoms with van der Waals surface area (Å²) >= 11 is 7.73. The van der Waals surface area contributed by atoms with E-state index in [0.29, 0.717) is 11.4 Å². The second kappa shape index (κ2) is 6.33. The summed E-state index contributed by atoms with van der Waals surface area (Å²) in [6, 6.07) is 5.38. The molecule has 3 heterocycles. The van der Waals surface area contributed by atoms with Gasteiger partial charge in [-0.1, -0.05) is 11.6 Å². The minimum atomic E-state index is -0.126. The molecule has 122 valence electrons. The monoisotopic (exact) mass is 359 g/mol. The van der Waals surface area contributed by atoms with E-state index in [1.54, 1.807) is 36.0 Å². The van der Waals surface area contributed by atoms with Crippen molar-refractivity contribution < 1.29 is 4.79 Å². The zero-order chi connectivity index (χ0) is 16.5. The van der Waals surface area contributed by atoms with Crippen LogP contribution in [0, 0.1) is 0 Å². The molecule has 1 atom stereocenters. The first-order valence-electron chi connectivity index (χ1n) is 7.61. The molecule has 24 heavy (non-hydrogen) atoms. The number of rotatable bonds is 3. The SMILES string of the molecule is O=C(NC1CCCc2sc(Cl)cc21)c1ccnc(-n2cncn2)c1. The first kappa shape index (κ1) is 15.3. The summed E-state index contributed by atoms with van der Waals surface area (Å²) in [6.07, 6.45) is 7.58. The Labute approximate surface area is 147 Å². The van der Waals surface area contributed by atoms with Crippen molar-refractivity contribution in [2.45, 2.75) is 25.3 Å². The summed E-state index contributed by atoms with van der Waals surface area (Å²) in [4.78, 5) is 22.0. The van der Waals surface area contributed by atoms with Crippen LogP contribution < -0.4 is 5.32 Å². The van der Waals surface area contributed by atoms with Crippen molar-refractivity contribution in [2.75, 3.05) is 0 Å². The second-order valence-electron chi connectivity index (χ2n) is 5.59. The van der Waals surface area contributed by atoms with Gasteiger partial charge in [-0.05, 0) is 43.0 Å². The Morgan fingerprint density at radius 2 is 2.33 bits per heavy atom. The van der Waals surface area contributed by atoms with E-state index in [4.69, 9.17) is 11.6 Å². The molecule has 3 aromatic rings. The highest BCUT2D eigenvalue weighted by Gasteiger charge is 2.24. The summed E-state index contributed by atoms with van der Waals surface area (Å²) in [5.41, 5.74) is 1.69. The Hall–Kier alpha value is -2.25. The minimum absolute atomic E-state index is 0.00739. The van der Waals surface area contributed by atoms with Crippen LogP contribution in [0.3, 0.4) is 0 Å². The number of carbonyl (C=O) groups is 1. The molecule has 0 bridgehead atoms. The number of nitrogens with zero attached hydrogens (tertiary/aromatic N) is 4. The van der Waals surface area contributed by atoms with Crippen LogP contribution in [0.15, 0.2) is 37.1 Å². The van der Waals surface area contributed by atoms with Gasteiger partial charge in [0.15, 0.2) is 5.82 Å².